The van der Waals surface area contributed by atoms with E-state index in [2.05, 4.69) is 15.6 Å². The summed E-state index contributed by atoms with van der Waals surface area (Å²) < 4.78 is 10.5. The molecule has 0 saturated heterocycles. The molecule has 0 radical (unpaired) electrons. The molecule has 1 aliphatic rings. The highest BCUT2D eigenvalue weighted by Crippen LogP contribution is 2.30. The van der Waals surface area contributed by atoms with Crippen LogP contribution in [-0.2, 0) is 0 Å². The molecule has 1 saturated carbocycles. The van der Waals surface area contributed by atoms with E-state index in [1.54, 1.807) is 26.5 Å². The van der Waals surface area contributed by atoms with Crippen LogP contribution < -0.4 is 20.1 Å². The molecule has 3 rings (SSSR count). The van der Waals surface area contributed by atoms with Gasteiger partial charge in [-0.05, 0) is 49.6 Å². The maximum absolute atomic E-state index is 12.4. The summed E-state index contributed by atoms with van der Waals surface area (Å²) in [6.07, 6.45) is 3.97. The largest absolute Gasteiger partial charge is 0.493 e. The maximum atomic E-state index is 12.4. The van der Waals surface area contributed by atoms with Crippen molar-refractivity contribution < 1.29 is 14.3 Å². The van der Waals surface area contributed by atoms with E-state index in [0.717, 1.165) is 11.4 Å². The van der Waals surface area contributed by atoms with Gasteiger partial charge in [-0.25, -0.2) is 4.98 Å². The van der Waals surface area contributed by atoms with Crippen molar-refractivity contribution in [3.05, 3.63) is 47.7 Å². The van der Waals surface area contributed by atoms with E-state index in [4.69, 9.17) is 9.47 Å². The predicted octanol–water partition coefficient (Wildman–Crippen LogP) is 3.16. The van der Waals surface area contributed by atoms with Gasteiger partial charge >= 0.3 is 0 Å². The molecule has 0 bridgehead atoms. The normalized spacial score (nSPS) is 14.5. The number of nitrogens with zero attached hydrogens (tertiary/aromatic N) is 1. The lowest BCUT2D eigenvalue weighted by atomic mass is 10.1. The van der Waals surface area contributed by atoms with Crippen LogP contribution in [0.15, 0.2) is 36.5 Å². The van der Waals surface area contributed by atoms with Gasteiger partial charge in [0.15, 0.2) is 11.5 Å². The van der Waals surface area contributed by atoms with Gasteiger partial charge in [-0.15, -0.1) is 0 Å². The van der Waals surface area contributed by atoms with Gasteiger partial charge < -0.3 is 20.1 Å². The first kappa shape index (κ1) is 17.1. The summed E-state index contributed by atoms with van der Waals surface area (Å²) in [5.41, 5.74) is 1.47. The Morgan fingerprint density at radius 3 is 2.52 bits per heavy atom. The summed E-state index contributed by atoms with van der Waals surface area (Å²) in [4.78, 5) is 16.7. The number of pyridine rings is 1. The van der Waals surface area contributed by atoms with Crippen LogP contribution >= 0.6 is 0 Å². The van der Waals surface area contributed by atoms with Crippen molar-refractivity contribution in [2.24, 2.45) is 0 Å². The van der Waals surface area contributed by atoms with Gasteiger partial charge in [0, 0.05) is 12.2 Å². The molecule has 25 heavy (non-hydrogen) atoms. The minimum Gasteiger partial charge on any atom is -0.493 e. The van der Waals surface area contributed by atoms with Crippen molar-refractivity contribution in [3.63, 3.8) is 0 Å². The molecule has 1 heterocycles. The number of hydrogen-bond acceptors (Lipinski definition) is 5. The van der Waals surface area contributed by atoms with Crippen LogP contribution in [0.4, 0.5) is 5.82 Å². The summed E-state index contributed by atoms with van der Waals surface area (Å²) in [6, 6.07) is 9.60. The van der Waals surface area contributed by atoms with E-state index < -0.39 is 0 Å². The topological polar surface area (TPSA) is 72.5 Å². The van der Waals surface area contributed by atoms with E-state index in [1.165, 1.54) is 12.8 Å². The Bertz CT molecular complexity index is 742. The third kappa shape index (κ3) is 4.21. The van der Waals surface area contributed by atoms with E-state index in [0.29, 0.717) is 23.1 Å². The average Bonchev–Trinajstić information content (AvgIpc) is 3.45. The molecule has 1 unspecified atom stereocenters. The summed E-state index contributed by atoms with van der Waals surface area (Å²) in [7, 11) is 3.19. The third-order valence-corrected chi connectivity index (χ3v) is 4.21. The molecule has 132 valence electrons. The molecule has 1 atom stereocenters. The lowest BCUT2D eigenvalue weighted by molar-refractivity contribution is 0.0939. The van der Waals surface area contributed by atoms with Crippen molar-refractivity contribution in [2.75, 3.05) is 19.5 Å². The number of rotatable bonds is 7. The van der Waals surface area contributed by atoms with E-state index in [9.17, 15) is 4.79 Å². The van der Waals surface area contributed by atoms with E-state index >= 15 is 0 Å². The molecule has 1 aromatic heterocycles. The Morgan fingerprint density at radius 1 is 1.16 bits per heavy atom. The summed E-state index contributed by atoms with van der Waals surface area (Å²) >= 11 is 0. The highest BCUT2D eigenvalue weighted by Gasteiger charge is 2.21. The minimum absolute atomic E-state index is 0.159. The fraction of sp³-hybridized carbons (Fsp3) is 0.368. The smallest absolute Gasteiger partial charge is 0.253 e. The molecule has 2 N–H and O–H groups in total. The Hall–Kier alpha value is -2.76. The molecule has 2 aromatic rings. The van der Waals surface area contributed by atoms with Gasteiger partial charge in [-0.1, -0.05) is 6.07 Å². The first-order chi connectivity index (χ1) is 12.1. The van der Waals surface area contributed by atoms with Crippen LogP contribution in [0.5, 0.6) is 11.5 Å². The molecule has 0 aliphatic heterocycles. The Labute approximate surface area is 147 Å². The molecule has 0 spiro atoms. The molecule has 1 aromatic carbocycles. The number of benzene rings is 1. The van der Waals surface area contributed by atoms with Gasteiger partial charge in [-0.2, -0.15) is 0 Å². The number of hydrogen-bond donors (Lipinski definition) is 2. The standard InChI is InChI=1S/C19H23N3O3/c1-12(13-4-8-16(24-2)17(10-13)25-3)21-19(23)14-5-9-18(20-11-14)22-15-6-7-15/h4-5,8-12,15H,6-7H2,1-3H3,(H,20,22)(H,21,23). The van der Waals surface area contributed by atoms with E-state index in [-0.39, 0.29) is 11.9 Å². The second-order valence-corrected chi connectivity index (χ2v) is 6.16. The molecule has 6 heteroatoms. The van der Waals surface area contributed by atoms with Gasteiger partial charge in [0.1, 0.15) is 5.82 Å². The van der Waals surface area contributed by atoms with Crippen molar-refractivity contribution in [1.29, 1.82) is 0 Å². The fourth-order valence-electron chi connectivity index (χ4n) is 2.54. The molecule has 1 amide bonds. The number of anilines is 1. The van der Waals surface area contributed by atoms with Crippen molar-refractivity contribution in [2.45, 2.75) is 31.8 Å². The second kappa shape index (κ2) is 7.42. The number of nitrogens with one attached hydrogen (secondary N) is 2. The Kier molecular flexibility index (Phi) is 5.07. The molecule has 1 aliphatic carbocycles. The van der Waals surface area contributed by atoms with Crippen LogP contribution in [0.25, 0.3) is 0 Å². The van der Waals surface area contributed by atoms with Gasteiger partial charge in [-0.3, -0.25) is 4.79 Å². The van der Waals surface area contributed by atoms with E-state index in [1.807, 2.05) is 31.2 Å². The first-order valence-electron chi connectivity index (χ1n) is 8.36. The lowest BCUT2D eigenvalue weighted by Gasteiger charge is -2.16. The zero-order chi connectivity index (χ0) is 17.8. The van der Waals surface area contributed by atoms with Crippen LogP contribution in [0.1, 0.15) is 41.7 Å². The number of carbonyl (C=O) groups is 1. The highest BCUT2D eigenvalue weighted by atomic mass is 16.5. The zero-order valence-corrected chi connectivity index (χ0v) is 14.7. The number of aromatic nitrogens is 1. The third-order valence-electron chi connectivity index (χ3n) is 4.21. The predicted molar refractivity (Wildman–Crippen MR) is 96.3 cm³/mol. The summed E-state index contributed by atoms with van der Waals surface area (Å²) in [6.45, 7) is 1.93. The van der Waals surface area contributed by atoms with Crippen LogP contribution in [0.3, 0.4) is 0 Å². The SMILES string of the molecule is COc1ccc(C(C)NC(=O)c2ccc(NC3CC3)nc2)cc1OC. The number of methoxy groups -OCH3 is 2. The van der Waals surface area contributed by atoms with Gasteiger partial charge in [0.05, 0.1) is 25.8 Å². The minimum atomic E-state index is -0.170. The van der Waals surface area contributed by atoms with Crippen molar-refractivity contribution in [3.8, 4) is 11.5 Å². The summed E-state index contributed by atoms with van der Waals surface area (Å²) in [5, 5.41) is 6.28. The van der Waals surface area contributed by atoms with Crippen molar-refractivity contribution >= 4 is 11.7 Å². The zero-order valence-electron chi connectivity index (χ0n) is 14.7. The van der Waals surface area contributed by atoms with Crippen LogP contribution in [0.2, 0.25) is 0 Å². The Morgan fingerprint density at radius 2 is 1.92 bits per heavy atom. The monoisotopic (exact) mass is 341 g/mol. The van der Waals surface area contributed by atoms with Gasteiger partial charge in [0.25, 0.3) is 5.91 Å². The van der Waals surface area contributed by atoms with Crippen molar-refractivity contribution in [1.82, 2.24) is 10.3 Å². The lowest BCUT2D eigenvalue weighted by Crippen LogP contribution is -2.26. The van der Waals surface area contributed by atoms with Gasteiger partial charge in [0.2, 0.25) is 0 Å². The average molecular weight is 341 g/mol. The molecular formula is C19H23N3O3. The Balaban J connectivity index is 1.65. The number of amides is 1. The van der Waals surface area contributed by atoms with Crippen LogP contribution in [-0.4, -0.2) is 31.2 Å². The molecule has 6 nitrogen and oxygen atoms in total. The summed E-state index contributed by atoms with van der Waals surface area (Å²) in [5.74, 6) is 1.95. The number of carbonyl (C=O) groups excluding carboxylic acids is 1. The quantitative estimate of drug-likeness (QED) is 0.809. The maximum Gasteiger partial charge on any atom is 0.253 e. The van der Waals surface area contributed by atoms with Crippen LogP contribution in [0, 0.1) is 0 Å². The first-order valence-corrected chi connectivity index (χ1v) is 8.36. The highest BCUT2D eigenvalue weighted by molar-refractivity contribution is 5.94. The second-order valence-electron chi connectivity index (χ2n) is 6.16. The number of ether oxygens (including phenoxy) is 2. The fourth-order valence-corrected chi connectivity index (χ4v) is 2.54. The molecular weight excluding hydrogens is 318 g/mol. The molecule has 1 fully saturated rings.